The van der Waals surface area contributed by atoms with Gasteiger partial charge in [-0.3, -0.25) is 4.28 Å². The predicted octanol–water partition coefficient (Wildman–Crippen LogP) is 2.57. The van der Waals surface area contributed by atoms with Crippen molar-refractivity contribution in [2.75, 3.05) is 0 Å². The van der Waals surface area contributed by atoms with Crippen molar-refractivity contribution in [1.29, 1.82) is 0 Å². The van der Waals surface area contributed by atoms with E-state index in [0.29, 0.717) is 5.71 Å². The SMILES string of the molecule is CCC/C(C)=N/OS(=O)(=O)c1ccccc1. The molecule has 16 heavy (non-hydrogen) atoms. The maximum Gasteiger partial charge on any atom is 0.358 e. The Morgan fingerprint density at radius 2 is 1.94 bits per heavy atom. The summed E-state index contributed by atoms with van der Waals surface area (Å²) in [5.41, 5.74) is 0.669. The van der Waals surface area contributed by atoms with Crippen LogP contribution in [0.2, 0.25) is 0 Å². The molecule has 0 atom stereocenters. The molecule has 0 fully saturated rings. The van der Waals surface area contributed by atoms with Crippen molar-refractivity contribution in [2.45, 2.75) is 31.6 Å². The van der Waals surface area contributed by atoms with Gasteiger partial charge in [-0.2, -0.15) is 8.42 Å². The molecule has 0 heterocycles. The molecule has 0 spiro atoms. The van der Waals surface area contributed by atoms with Crippen LogP contribution >= 0.6 is 0 Å². The van der Waals surface area contributed by atoms with Crippen LogP contribution in [0.15, 0.2) is 40.4 Å². The normalized spacial score (nSPS) is 12.5. The molecule has 0 radical (unpaired) electrons. The van der Waals surface area contributed by atoms with E-state index in [-0.39, 0.29) is 4.90 Å². The Bertz CT molecular complexity index is 451. The summed E-state index contributed by atoms with van der Waals surface area (Å²) in [5, 5.41) is 3.59. The molecule has 5 heteroatoms. The number of hydrogen-bond donors (Lipinski definition) is 0. The summed E-state index contributed by atoms with van der Waals surface area (Å²) >= 11 is 0. The standard InChI is InChI=1S/C11H15NO3S/c1-3-7-10(2)12-15-16(13,14)11-8-5-4-6-9-11/h4-6,8-9H,3,7H2,1-2H3/b12-10+. The highest BCUT2D eigenvalue weighted by Gasteiger charge is 2.14. The van der Waals surface area contributed by atoms with Gasteiger partial charge in [0.2, 0.25) is 0 Å². The van der Waals surface area contributed by atoms with Gasteiger partial charge in [0.05, 0.1) is 5.71 Å². The summed E-state index contributed by atoms with van der Waals surface area (Å²) in [5.74, 6) is 0. The first kappa shape index (κ1) is 12.7. The topological polar surface area (TPSA) is 55.7 Å². The van der Waals surface area contributed by atoms with Gasteiger partial charge in [0, 0.05) is 0 Å². The van der Waals surface area contributed by atoms with Crippen LogP contribution in [0.25, 0.3) is 0 Å². The van der Waals surface area contributed by atoms with E-state index in [1.54, 1.807) is 25.1 Å². The Balaban J connectivity index is 2.78. The van der Waals surface area contributed by atoms with Gasteiger partial charge in [0.15, 0.2) is 0 Å². The average Bonchev–Trinajstić information content (AvgIpc) is 2.28. The number of nitrogens with zero attached hydrogens (tertiary/aromatic N) is 1. The van der Waals surface area contributed by atoms with Gasteiger partial charge in [-0.05, 0) is 25.5 Å². The molecule has 0 aliphatic heterocycles. The summed E-state index contributed by atoms with van der Waals surface area (Å²) in [6, 6.07) is 7.96. The van der Waals surface area contributed by atoms with Crippen molar-refractivity contribution in [3.8, 4) is 0 Å². The molecule has 1 aromatic carbocycles. The molecule has 0 aliphatic carbocycles. The van der Waals surface area contributed by atoms with Gasteiger partial charge in [0.1, 0.15) is 4.90 Å². The summed E-state index contributed by atoms with van der Waals surface area (Å²) in [4.78, 5) is 0.114. The second kappa shape index (κ2) is 5.65. The fourth-order valence-corrected chi connectivity index (χ4v) is 1.95. The second-order valence-corrected chi connectivity index (χ2v) is 4.95. The molecule has 0 aromatic heterocycles. The molecule has 4 nitrogen and oxygen atoms in total. The van der Waals surface area contributed by atoms with E-state index in [2.05, 4.69) is 9.44 Å². The second-order valence-electron chi connectivity index (χ2n) is 3.42. The van der Waals surface area contributed by atoms with E-state index >= 15 is 0 Å². The van der Waals surface area contributed by atoms with Crippen molar-refractivity contribution >= 4 is 15.8 Å². The maximum absolute atomic E-state index is 11.6. The molecule has 0 aliphatic rings. The van der Waals surface area contributed by atoms with E-state index in [9.17, 15) is 8.42 Å². The van der Waals surface area contributed by atoms with Crippen molar-refractivity contribution < 1.29 is 12.7 Å². The van der Waals surface area contributed by atoms with Crippen LogP contribution in [0.3, 0.4) is 0 Å². The highest BCUT2D eigenvalue weighted by Crippen LogP contribution is 2.11. The third-order valence-electron chi connectivity index (χ3n) is 1.93. The smallest absolute Gasteiger partial charge is 0.265 e. The zero-order valence-corrected chi connectivity index (χ0v) is 10.2. The van der Waals surface area contributed by atoms with Crippen LogP contribution in [-0.4, -0.2) is 14.1 Å². The highest BCUT2D eigenvalue weighted by molar-refractivity contribution is 7.86. The van der Waals surface area contributed by atoms with E-state index in [0.717, 1.165) is 12.8 Å². The Morgan fingerprint density at radius 1 is 1.31 bits per heavy atom. The predicted molar refractivity (Wildman–Crippen MR) is 62.7 cm³/mol. The van der Waals surface area contributed by atoms with E-state index < -0.39 is 10.1 Å². The Hall–Kier alpha value is -1.36. The minimum atomic E-state index is -3.76. The number of hydrogen-bond acceptors (Lipinski definition) is 4. The van der Waals surface area contributed by atoms with Crippen LogP contribution in [0.4, 0.5) is 0 Å². The molecule has 88 valence electrons. The Kier molecular flexibility index (Phi) is 4.49. The zero-order chi connectivity index (χ0) is 12.0. The maximum atomic E-state index is 11.6. The molecule has 0 bridgehead atoms. The van der Waals surface area contributed by atoms with Crippen molar-refractivity contribution in [3.63, 3.8) is 0 Å². The molecule has 0 saturated carbocycles. The third-order valence-corrected chi connectivity index (χ3v) is 3.06. The van der Waals surface area contributed by atoms with Gasteiger partial charge in [0.25, 0.3) is 0 Å². The van der Waals surface area contributed by atoms with Crippen molar-refractivity contribution in [2.24, 2.45) is 5.16 Å². The first-order valence-electron chi connectivity index (χ1n) is 5.08. The zero-order valence-electron chi connectivity index (χ0n) is 9.38. The molecular formula is C11H15NO3S. The molecular weight excluding hydrogens is 226 g/mol. The van der Waals surface area contributed by atoms with E-state index in [1.807, 2.05) is 6.92 Å². The van der Waals surface area contributed by atoms with Gasteiger partial charge in [-0.25, -0.2) is 0 Å². The molecule has 0 amide bonds. The van der Waals surface area contributed by atoms with Crippen LogP contribution in [-0.2, 0) is 14.4 Å². The van der Waals surface area contributed by atoms with Gasteiger partial charge in [-0.1, -0.05) is 36.7 Å². The minimum absolute atomic E-state index is 0.114. The third kappa shape index (κ3) is 3.66. The van der Waals surface area contributed by atoms with Crippen LogP contribution < -0.4 is 0 Å². The van der Waals surface area contributed by atoms with Crippen molar-refractivity contribution in [1.82, 2.24) is 0 Å². The lowest BCUT2D eigenvalue weighted by molar-refractivity contribution is 0.337. The largest absolute Gasteiger partial charge is 0.358 e. The Morgan fingerprint density at radius 3 is 2.50 bits per heavy atom. The lowest BCUT2D eigenvalue weighted by Gasteiger charge is -2.02. The number of benzene rings is 1. The lowest BCUT2D eigenvalue weighted by Crippen LogP contribution is -2.04. The van der Waals surface area contributed by atoms with Gasteiger partial charge >= 0.3 is 10.1 Å². The molecule has 1 rings (SSSR count). The van der Waals surface area contributed by atoms with E-state index in [4.69, 9.17) is 0 Å². The molecule has 0 N–H and O–H groups in total. The fraction of sp³-hybridized carbons (Fsp3) is 0.364. The molecule has 1 aromatic rings. The summed E-state index contributed by atoms with van der Waals surface area (Å²) < 4.78 is 27.8. The van der Waals surface area contributed by atoms with Crippen molar-refractivity contribution in [3.05, 3.63) is 30.3 Å². The number of oxime groups is 1. The lowest BCUT2D eigenvalue weighted by atomic mass is 10.2. The number of rotatable bonds is 5. The molecule has 0 saturated heterocycles. The summed E-state index contributed by atoms with van der Waals surface area (Å²) in [6.45, 7) is 3.73. The quantitative estimate of drug-likeness (QED) is 0.588. The molecule has 0 unspecified atom stereocenters. The van der Waals surface area contributed by atoms with Gasteiger partial charge < -0.3 is 0 Å². The van der Waals surface area contributed by atoms with Crippen LogP contribution in [0.1, 0.15) is 26.7 Å². The van der Waals surface area contributed by atoms with Gasteiger partial charge in [-0.15, -0.1) is 0 Å². The van der Waals surface area contributed by atoms with Crippen LogP contribution in [0, 0.1) is 0 Å². The highest BCUT2D eigenvalue weighted by atomic mass is 32.2. The Labute approximate surface area is 96.1 Å². The van der Waals surface area contributed by atoms with Crippen LogP contribution in [0.5, 0.6) is 0 Å². The first-order valence-corrected chi connectivity index (χ1v) is 6.49. The average molecular weight is 241 g/mol. The first-order chi connectivity index (χ1) is 7.56. The van der Waals surface area contributed by atoms with E-state index in [1.165, 1.54) is 12.1 Å². The summed E-state index contributed by atoms with van der Waals surface area (Å²) in [7, 11) is -3.76. The minimum Gasteiger partial charge on any atom is -0.265 e. The fourth-order valence-electron chi connectivity index (χ4n) is 1.15. The summed E-state index contributed by atoms with van der Waals surface area (Å²) in [6.07, 6.45) is 1.63. The monoisotopic (exact) mass is 241 g/mol.